The van der Waals surface area contributed by atoms with E-state index in [1.54, 1.807) is 18.4 Å². The molecule has 2 heterocycles. The fraction of sp³-hybridized carbons (Fsp3) is 0.133. The Morgan fingerprint density at radius 3 is 3.05 bits per heavy atom. The molecule has 1 aromatic carbocycles. The number of imidazole rings is 1. The molecule has 0 atom stereocenters. The Balaban J connectivity index is 1.70. The number of nitrogens with one attached hydrogen (secondary N) is 1. The van der Waals surface area contributed by atoms with Crippen LogP contribution in [0.2, 0.25) is 0 Å². The Labute approximate surface area is 121 Å². The topological polar surface area (TPSA) is 72.4 Å². The number of rotatable bonds is 4. The molecule has 0 unspecified atom stereocenters. The number of carbonyl (C=O) groups is 1. The molecular formula is C15H14N4O2. The molecule has 1 N–H and O–H groups in total. The van der Waals surface area contributed by atoms with Crippen LogP contribution in [-0.2, 0) is 11.3 Å². The van der Waals surface area contributed by atoms with E-state index in [-0.39, 0.29) is 12.5 Å². The zero-order chi connectivity index (χ0) is 14.7. The lowest BCUT2D eigenvalue weighted by Gasteiger charge is -2.05. The van der Waals surface area contributed by atoms with E-state index in [0.717, 1.165) is 16.9 Å². The van der Waals surface area contributed by atoms with Crippen molar-refractivity contribution in [1.29, 1.82) is 0 Å². The zero-order valence-corrected chi connectivity index (χ0v) is 11.5. The van der Waals surface area contributed by atoms with Crippen molar-refractivity contribution in [2.45, 2.75) is 13.5 Å². The molecule has 0 aliphatic carbocycles. The summed E-state index contributed by atoms with van der Waals surface area (Å²) in [5.41, 5.74) is 4.28. The van der Waals surface area contributed by atoms with Crippen LogP contribution in [0.4, 0.5) is 0 Å². The number of para-hydroxylation sites is 2. The van der Waals surface area contributed by atoms with E-state index in [1.165, 1.54) is 6.21 Å². The van der Waals surface area contributed by atoms with Gasteiger partial charge in [0.2, 0.25) is 0 Å². The molecule has 0 aliphatic heterocycles. The van der Waals surface area contributed by atoms with Crippen molar-refractivity contribution in [2.75, 3.05) is 0 Å². The van der Waals surface area contributed by atoms with E-state index >= 15 is 0 Å². The zero-order valence-electron chi connectivity index (χ0n) is 11.5. The van der Waals surface area contributed by atoms with Crippen molar-refractivity contribution >= 4 is 23.2 Å². The summed E-state index contributed by atoms with van der Waals surface area (Å²) in [5, 5.41) is 3.85. The van der Waals surface area contributed by atoms with Gasteiger partial charge in [-0.05, 0) is 31.2 Å². The maximum atomic E-state index is 11.9. The lowest BCUT2D eigenvalue weighted by Crippen LogP contribution is -2.23. The first-order valence-electron chi connectivity index (χ1n) is 6.51. The number of hydrogen-bond donors (Lipinski definition) is 1. The third-order valence-electron chi connectivity index (χ3n) is 3.07. The van der Waals surface area contributed by atoms with E-state index < -0.39 is 0 Å². The highest BCUT2D eigenvalue weighted by atomic mass is 16.3. The number of furan rings is 1. The average molecular weight is 282 g/mol. The van der Waals surface area contributed by atoms with Crippen LogP contribution in [0.25, 0.3) is 11.0 Å². The van der Waals surface area contributed by atoms with Gasteiger partial charge in [-0.3, -0.25) is 4.79 Å². The molecule has 0 saturated heterocycles. The molecule has 0 radical (unpaired) electrons. The number of aryl methyl sites for hydroxylation is 1. The van der Waals surface area contributed by atoms with Crippen molar-refractivity contribution < 1.29 is 9.21 Å². The number of aromatic nitrogens is 2. The highest BCUT2D eigenvalue weighted by Gasteiger charge is 2.09. The summed E-state index contributed by atoms with van der Waals surface area (Å²) in [4.78, 5) is 16.3. The van der Waals surface area contributed by atoms with Gasteiger partial charge in [-0.15, -0.1) is 0 Å². The van der Waals surface area contributed by atoms with Crippen LogP contribution < -0.4 is 5.43 Å². The molecule has 21 heavy (non-hydrogen) atoms. The average Bonchev–Trinajstić information content (AvgIpc) is 3.08. The van der Waals surface area contributed by atoms with Crippen LogP contribution in [-0.4, -0.2) is 21.7 Å². The molecule has 0 saturated carbocycles. The SMILES string of the molecule is Cc1nc2ccccc2n1CC(=O)NN=Cc1ccco1. The van der Waals surface area contributed by atoms with Gasteiger partial charge in [0, 0.05) is 0 Å². The molecule has 6 nitrogen and oxygen atoms in total. The summed E-state index contributed by atoms with van der Waals surface area (Å²) in [6.45, 7) is 2.04. The molecule has 1 amide bonds. The second kappa shape index (κ2) is 5.62. The monoisotopic (exact) mass is 282 g/mol. The van der Waals surface area contributed by atoms with E-state index in [0.29, 0.717) is 5.76 Å². The molecule has 0 fully saturated rings. The maximum Gasteiger partial charge on any atom is 0.260 e. The first-order chi connectivity index (χ1) is 10.2. The summed E-state index contributed by atoms with van der Waals surface area (Å²) >= 11 is 0. The minimum atomic E-state index is -0.218. The number of nitrogens with zero attached hydrogens (tertiary/aromatic N) is 3. The first-order valence-corrected chi connectivity index (χ1v) is 6.51. The molecule has 2 aromatic heterocycles. The highest BCUT2D eigenvalue weighted by Crippen LogP contribution is 2.14. The smallest absolute Gasteiger partial charge is 0.260 e. The summed E-state index contributed by atoms with van der Waals surface area (Å²) < 4.78 is 6.94. The normalized spacial score (nSPS) is 11.3. The number of fused-ring (bicyclic) bond motifs is 1. The largest absolute Gasteiger partial charge is 0.463 e. The van der Waals surface area contributed by atoms with E-state index in [4.69, 9.17) is 4.42 Å². The van der Waals surface area contributed by atoms with E-state index in [9.17, 15) is 4.79 Å². The van der Waals surface area contributed by atoms with Crippen LogP contribution in [0.5, 0.6) is 0 Å². The molecule has 0 spiro atoms. The Morgan fingerprint density at radius 1 is 1.38 bits per heavy atom. The van der Waals surface area contributed by atoms with E-state index in [2.05, 4.69) is 15.5 Å². The number of hydrogen-bond acceptors (Lipinski definition) is 4. The predicted octanol–water partition coefficient (Wildman–Crippen LogP) is 2.09. The van der Waals surface area contributed by atoms with Crippen LogP contribution in [0.15, 0.2) is 52.2 Å². The molecule has 0 bridgehead atoms. The third-order valence-corrected chi connectivity index (χ3v) is 3.07. The number of amides is 1. The van der Waals surface area contributed by atoms with Crippen molar-refractivity contribution in [3.05, 3.63) is 54.2 Å². The van der Waals surface area contributed by atoms with Gasteiger partial charge in [-0.2, -0.15) is 5.10 Å². The Bertz CT molecular complexity index is 787. The van der Waals surface area contributed by atoms with Gasteiger partial charge in [0.1, 0.15) is 18.1 Å². The van der Waals surface area contributed by atoms with Crippen LogP contribution in [0.3, 0.4) is 0 Å². The maximum absolute atomic E-state index is 11.9. The minimum Gasteiger partial charge on any atom is -0.463 e. The van der Waals surface area contributed by atoms with Gasteiger partial charge in [0.05, 0.1) is 23.5 Å². The first kappa shape index (κ1) is 13.1. The lowest BCUT2D eigenvalue weighted by atomic mass is 10.3. The van der Waals surface area contributed by atoms with E-state index in [1.807, 2.05) is 35.8 Å². The molecule has 6 heteroatoms. The van der Waals surface area contributed by atoms with Crippen molar-refractivity contribution in [3.8, 4) is 0 Å². The lowest BCUT2D eigenvalue weighted by molar-refractivity contribution is -0.121. The summed E-state index contributed by atoms with van der Waals surface area (Å²) in [5.74, 6) is 1.16. The molecule has 3 rings (SSSR count). The van der Waals surface area contributed by atoms with Crippen molar-refractivity contribution in [1.82, 2.24) is 15.0 Å². The summed E-state index contributed by atoms with van der Waals surface area (Å²) in [6, 6.07) is 11.2. The number of hydrazone groups is 1. The summed E-state index contributed by atoms with van der Waals surface area (Å²) in [7, 11) is 0. The van der Waals surface area contributed by atoms with Gasteiger partial charge >= 0.3 is 0 Å². The quantitative estimate of drug-likeness (QED) is 0.588. The number of benzene rings is 1. The Morgan fingerprint density at radius 2 is 2.24 bits per heavy atom. The second-order valence-electron chi connectivity index (χ2n) is 4.54. The minimum absolute atomic E-state index is 0.168. The fourth-order valence-electron chi connectivity index (χ4n) is 2.11. The third kappa shape index (κ3) is 2.84. The van der Waals surface area contributed by atoms with Gasteiger partial charge in [-0.1, -0.05) is 12.1 Å². The molecular weight excluding hydrogens is 268 g/mol. The predicted molar refractivity (Wildman–Crippen MR) is 78.9 cm³/mol. The molecule has 0 aliphatic rings. The molecule has 3 aromatic rings. The van der Waals surface area contributed by atoms with Crippen molar-refractivity contribution in [3.63, 3.8) is 0 Å². The van der Waals surface area contributed by atoms with Crippen LogP contribution in [0.1, 0.15) is 11.6 Å². The Hall–Kier alpha value is -2.89. The van der Waals surface area contributed by atoms with Gasteiger partial charge in [0.15, 0.2) is 0 Å². The summed E-state index contributed by atoms with van der Waals surface area (Å²) in [6.07, 6.45) is 3.00. The fourth-order valence-corrected chi connectivity index (χ4v) is 2.11. The van der Waals surface area contributed by atoms with Gasteiger partial charge < -0.3 is 8.98 Å². The van der Waals surface area contributed by atoms with Crippen LogP contribution >= 0.6 is 0 Å². The standard InChI is InChI=1S/C15H14N4O2/c1-11-17-13-6-2-3-7-14(13)19(11)10-15(20)18-16-9-12-5-4-8-21-12/h2-9H,10H2,1H3,(H,18,20). The van der Waals surface area contributed by atoms with Crippen molar-refractivity contribution in [2.24, 2.45) is 5.10 Å². The van der Waals surface area contributed by atoms with Gasteiger partial charge in [0.25, 0.3) is 5.91 Å². The second-order valence-corrected chi connectivity index (χ2v) is 4.54. The number of carbonyl (C=O) groups excluding carboxylic acids is 1. The highest BCUT2D eigenvalue weighted by molar-refractivity contribution is 5.82. The Kier molecular flexibility index (Phi) is 3.51. The van der Waals surface area contributed by atoms with Gasteiger partial charge in [-0.25, -0.2) is 10.4 Å². The molecule has 106 valence electrons. The van der Waals surface area contributed by atoms with Crippen LogP contribution in [0, 0.1) is 6.92 Å².